The largest absolute Gasteiger partial charge is 0.494 e. The quantitative estimate of drug-likeness (QED) is 0.706. The van der Waals surface area contributed by atoms with Gasteiger partial charge in [-0.05, 0) is 56.5 Å². The van der Waals surface area contributed by atoms with Gasteiger partial charge in [0.25, 0.3) is 0 Å². The number of rotatable bonds is 8. The van der Waals surface area contributed by atoms with E-state index in [0.717, 1.165) is 23.8 Å². The topological polar surface area (TPSA) is 81.4 Å². The molecule has 6 heteroatoms. The second-order valence-corrected chi connectivity index (χ2v) is 6.17. The van der Waals surface area contributed by atoms with Gasteiger partial charge in [-0.3, -0.25) is 9.59 Å². The SMILES string of the molecule is Cc1cccc(OCCCCC(=O)Nc2cc(C(N)=O)cc(F)c2C)c1. The number of anilines is 1. The Bertz CT molecular complexity index is 806. The van der Waals surface area contributed by atoms with Crippen LogP contribution in [0.25, 0.3) is 0 Å². The minimum atomic E-state index is -0.743. The van der Waals surface area contributed by atoms with Crippen LogP contribution in [0.5, 0.6) is 5.75 Å². The highest BCUT2D eigenvalue weighted by Gasteiger charge is 2.12. The zero-order valence-corrected chi connectivity index (χ0v) is 15.0. The Hall–Kier alpha value is -2.89. The average Bonchev–Trinajstić information content (AvgIpc) is 2.58. The predicted molar refractivity (Wildman–Crippen MR) is 98.8 cm³/mol. The molecule has 0 heterocycles. The number of primary amides is 1. The highest BCUT2D eigenvalue weighted by Crippen LogP contribution is 2.21. The minimum absolute atomic E-state index is 0.0231. The van der Waals surface area contributed by atoms with Crippen molar-refractivity contribution in [2.24, 2.45) is 5.73 Å². The van der Waals surface area contributed by atoms with Crippen molar-refractivity contribution in [3.8, 4) is 5.75 Å². The minimum Gasteiger partial charge on any atom is -0.494 e. The fourth-order valence-corrected chi connectivity index (χ4v) is 2.45. The van der Waals surface area contributed by atoms with E-state index in [4.69, 9.17) is 10.5 Å². The lowest BCUT2D eigenvalue weighted by molar-refractivity contribution is -0.116. The first kappa shape index (κ1) is 19.4. The molecule has 0 atom stereocenters. The molecule has 2 aromatic rings. The molecule has 0 aliphatic heterocycles. The van der Waals surface area contributed by atoms with Gasteiger partial charge >= 0.3 is 0 Å². The smallest absolute Gasteiger partial charge is 0.248 e. The van der Waals surface area contributed by atoms with Gasteiger partial charge in [-0.2, -0.15) is 0 Å². The maximum atomic E-state index is 13.8. The molecule has 2 aromatic carbocycles. The van der Waals surface area contributed by atoms with Gasteiger partial charge < -0.3 is 15.8 Å². The Labute approximate surface area is 152 Å². The van der Waals surface area contributed by atoms with E-state index in [0.29, 0.717) is 13.0 Å². The van der Waals surface area contributed by atoms with E-state index in [1.54, 1.807) is 0 Å². The van der Waals surface area contributed by atoms with Crippen LogP contribution in [0.4, 0.5) is 10.1 Å². The molecular weight excluding hydrogens is 335 g/mol. The number of ether oxygens (including phenoxy) is 1. The summed E-state index contributed by atoms with van der Waals surface area (Å²) in [6, 6.07) is 10.2. The standard InChI is InChI=1S/C20H23FN2O3/c1-13-6-5-7-16(10-13)26-9-4-3-8-19(24)23-18-12-15(20(22)25)11-17(21)14(18)2/h5-7,10-12H,3-4,8-9H2,1-2H3,(H2,22,25)(H,23,24). The van der Waals surface area contributed by atoms with Crippen molar-refractivity contribution in [3.63, 3.8) is 0 Å². The van der Waals surface area contributed by atoms with Crippen molar-refractivity contribution < 1.29 is 18.7 Å². The van der Waals surface area contributed by atoms with Gasteiger partial charge in [0.1, 0.15) is 11.6 Å². The number of carbonyl (C=O) groups is 2. The number of benzene rings is 2. The summed E-state index contributed by atoms with van der Waals surface area (Å²) in [4.78, 5) is 23.3. The van der Waals surface area contributed by atoms with Gasteiger partial charge in [-0.1, -0.05) is 12.1 Å². The maximum Gasteiger partial charge on any atom is 0.248 e. The van der Waals surface area contributed by atoms with E-state index in [1.165, 1.54) is 13.0 Å². The number of nitrogens with two attached hydrogens (primary N) is 1. The number of aryl methyl sites for hydroxylation is 1. The Balaban J connectivity index is 1.79. The number of unbranched alkanes of at least 4 members (excludes halogenated alkanes) is 1. The van der Waals surface area contributed by atoms with Crippen LogP contribution in [0.3, 0.4) is 0 Å². The van der Waals surface area contributed by atoms with Gasteiger partial charge in [0.05, 0.1) is 6.61 Å². The summed E-state index contributed by atoms with van der Waals surface area (Å²) in [6.07, 6.45) is 1.63. The molecule has 26 heavy (non-hydrogen) atoms. The predicted octanol–water partition coefficient (Wildman–Crippen LogP) is 3.73. The second-order valence-electron chi connectivity index (χ2n) is 6.17. The highest BCUT2D eigenvalue weighted by molar-refractivity contribution is 5.97. The van der Waals surface area contributed by atoms with Crippen LogP contribution in [0.15, 0.2) is 36.4 Å². The van der Waals surface area contributed by atoms with Gasteiger partial charge in [0.2, 0.25) is 11.8 Å². The van der Waals surface area contributed by atoms with Gasteiger partial charge in [0.15, 0.2) is 0 Å². The lowest BCUT2D eigenvalue weighted by Gasteiger charge is -2.11. The monoisotopic (exact) mass is 358 g/mol. The molecule has 0 aliphatic carbocycles. The maximum absolute atomic E-state index is 13.8. The molecule has 5 nitrogen and oxygen atoms in total. The zero-order valence-electron chi connectivity index (χ0n) is 15.0. The molecule has 2 rings (SSSR count). The van der Waals surface area contributed by atoms with Crippen molar-refractivity contribution in [2.45, 2.75) is 33.1 Å². The van der Waals surface area contributed by atoms with Crippen LogP contribution in [0, 0.1) is 19.7 Å². The molecule has 2 amide bonds. The van der Waals surface area contributed by atoms with Crippen LogP contribution in [0.1, 0.15) is 40.7 Å². The molecule has 0 saturated carbocycles. The average molecular weight is 358 g/mol. The van der Waals surface area contributed by atoms with Crippen molar-refractivity contribution in [1.29, 1.82) is 0 Å². The normalized spacial score (nSPS) is 10.4. The van der Waals surface area contributed by atoms with Crippen LogP contribution in [-0.2, 0) is 4.79 Å². The number of hydrogen-bond donors (Lipinski definition) is 2. The number of nitrogens with one attached hydrogen (secondary N) is 1. The summed E-state index contributed by atoms with van der Waals surface area (Å²) < 4.78 is 19.4. The highest BCUT2D eigenvalue weighted by atomic mass is 19.1. The van der Waals surface area contributed by atoms with Crippen molar-refractivity contribution in [1.82, 2.24) is 0 Å². The summed E-state index contributed by atoms with van der Waals surface area (Å²) in [6.45, 7) is 4.04. The molecular formula is C20H23FN2O3. The lowest BCUT2D eigenvalue weighted by atomic mass is 10.1. The molecule has 0 unspecified atom stereocenters. The van der Waals surface area contributed by atoms with E-state index in [-0.39, 0.29) is 29.1 Å². The Kier molecular flexibility index (Phi) is 6.72. The van der Waals surface area contributed by atoms with Crippen LogP contribution >= 0.6 is 0 Å². The summed E-state index contributed by atoms with van der Waals surface area (Å²) in [5, 5.41) is 2.63. The number of hydrogen-bond acceptors (Lipinski definition) is 3. The number of carbonyl (C=O) groups excluding carboxylic acids is 2. The first-order chi connectivity index (χ1) is 12.4. The summed E-state index contributed by atoms with van der Waals surface area (Å²) >= 11 is 0. The van der Waals surface area contributed by atoms with E-state index in [9.17, 15) is 14.0 Å². The molecule has 0 bridgehead atoms. The summed E-state index contributed by atoms with van der Waals surface area (Å²) in [5.41, 5.74) is 6.85. The zero-order chi connectivity index (χ0) is 19.1. The van der Waals surface area contributed by atoms with Crippen molar-refractivity contribution in [2.75, 3.05) is 11.9 Å². The fourth-order valence-electron chi connectivity index (χ4n) is 2.45. The number of halogens is 1. The third kappa shape index (κ3) is 5.58. The van der Waals surface area contributed by atoms with Crippen LogP contribution in [0.2, 0.25) is 0 Å². The fraction of sp³-hybridized carbons (Fsp3) is 0.300. The Morgan fingerprint density at radius 2 is 1.92 bits per heavy atom. The molecule has 0 saturated heterocycles. The van der Waals surface area contributed by atoms with E-state index < -0.39 is 11.7 Å². The van der Waals surface area contributed by atoms with E-state index >= 15 is 0 Å². The summed E-state index contributed by atoms with van der Waals surface area (Å²) in [7, 11) is 0. The van der Waals surface area contributed by atoms with Gasteiger partial charge in [-0.25, -0.2) is 4.39 Å². The van der Waals surface area contributed by atoms with E-state index in [2.05, 4.69) is 5.32 Å². The van der Waals surface area contributed by atoms with Gasteiger partial charge in [-0.15, -0.1) is 0 Å². The molecule has 3 N–H and O–H groups in total. The molecule has 0 spiro atoms. The van der Waals surface area contributed by atoms with E-state index in [1.807, 2.05) is 31.2 Å². The molecule has 0 aliphatic rings. The van der Waals surface area contributed by atoms with Gasteiger partial charge in [0, 0.05) is 23.2 Å². The lowest BCUT2D eigenvalue weighted by Crippen LogP contribution is -2.16. The third-order valence-corrected chi connectivity index (χ3v) is 3.96. The second kappa shape index (κ2) is 8.99. The van der Waals surface area contributed by atoms with Crippen LogP contribution < -0.4 is 15.8 Å². The number of amides is 2. The van der Waals surface area contributed by atoms with Crippen molar-refractivity contribution in [3.05, 3.63) is 58.9 Å². The Morgan fingerprint density at radius 3 is 2.62 bits per heavy atom. The molecule has 0 fully saturated rings. The third-order valence-electron chi connectivity index (χ3n) is 3.96. The van der Waals surface area contributed by atoms with Crippen molar-refractivity contribution >= 4 is 17.5 Å². The summed E-state index contributed by atoms with van der Waals surface area (Å²) in [5.74, 6) is -0.760. The Morgan fingerprint density at radius 1 is 1.15 bits per heavy atom. The molecule has 0 aromatic heterocycles. The first-order valence-electron chi connectivity index (χ1n) is 8.46. The first-order valence-corrected chi connectivity index (χ1v) is 8.46. The molecule has 138 valence electrons. The molecule has 0 radical (unpaired) electrons. The van der Waals surface area contributed by atoms with Crippen LogP contribution in [-0.4, -0.2) is 18.4 Å².